The van der Waals surface area contributed by atoms with E-state index in [1.165, 1.54) is 38.3 Å². The van der Waals surface area contributed by atoms with Crippen molar-refractivity contribution in [2.24, 2.45) is 0 Å². The van der Waals surface area contributed by atoms with Gasteiger partial charge in [-0.25, -0.2) is 8.42 Å². The molecule has 0 saturated carbocycles. The molecule has 0 aliphatic heterocycles. The predicted octanol–water partition coefficient (Wildman–Crippen LogP) is 7.46. The van der Waals surface area contributed by atoms with Crippen molar-refractivity contribution < 1.29 is 8.42 Å². The Kier molecular flexibility index (Phi) is 9.12. The molecule has 3 rings (SSSR count). The summed E-state index contributed by atoms with van der Waals surface area (Å²) >= 11 is 1.79. The molecule has 0 aliphatic rings. The molecule has 0 N–H and O–H groups in total. The van der Waals surface area contributed by atoms with Crippen LogP contribution in [0.15, 0.2) is 53.4 Å². The van der Waals surface area contributed by atoms with Gasteiger partial charge in [0.05, 0.1) is 4.90 Å². The van der Waals surface area contributed by atoms with Crippen molar-refractivity contribution in [2.75, 3.05) is 6.26 Å². The van der Waals surface area contributed by atoms with Crippen LogP contribution in [-0.2, 0) is 9.84 Å². The third-order valence-corrected chi connectivity index (χ3v) is 6.66. The normalized spacial score (nSPS) is 10.4. The van der Waals surface area contributed by atoms with Gasteiger partial charge in [0.1, 0.15) is 0 Å². The molecular weight excluding hydrogens is 384 g/mol. The van der Waals surface area contributed by atoms with E-state index in [-0.39, 0.29) is 0 Å². The van der Waals surface area contributed by atoms with Crippen molar-refractivity contribution in [3.05, 3.63) is 64.5 Å². The van der Waals surface area contributed by atoms with E-state index in [1.807, 2.05) is 39.8 Å². The van der Waals surface area contributed by atoms with Gasteiger partial charge in [0.25, 0.3) is 0 Å². The van der Waals surface area contributed by atoms with Gasteiger partial charge >= 0.3 is 0 Å². The topological polar surface area (TPSA) is 34.1 Å². The summed E-state index contributed by atoms with van der Waals surface area (Å²) < 4.78 is 23.3. The average Bonchev–Trinajstić information content (AvgIpc) is 3.00. The van der Waals surface area contributed by atoms with Crippen molar-refractivity contribution in [3.63, 3.8) is 0 Å². The lowest BCUT2D eigenvalue weighted by Crippen LogP contribution is -1.96. The van der Waals surface area contributed by atoms with Crippen LogP contribution in [0.3, 0.4) is 0 Å². The second-order valence-corrected chi connectivity index (χ2v) is 9.39. The van der Waals surface area contributed by atoms with Gasteiger partial charge in [0, 0.05) is 21.6 Å². The monoisotopic (exact) mass is 416 g/mol. The molecule has 28 heavy (non-hydrogen) atoms. The average molecular weight is 417 g/mol. The Bertz CT molecular complexity index is 978. The summed E-state index contributed by atoms with van der Waals surface area (Å²) in [6.07, 6.45) is 1.24. The van der Waals surface area contributed by atoms with Crippen molar-refractivity contribution in [2.45, 2.75) is 53.4 Å². The van der Waals surface area contributed by atoms with E-state index < -0.39 is 9.84 Å². The fraction of sp³-hybridized carbons (Fsp3) is 0.333. The molecule has 4 heteroatoms. The van der Waals surface area contributed by atoms with Gasteiger partial charge < -0.3 is 0 Å². The predicted molar refractivity (Wildman–Crippen MR) is 125 cm³/mol. The smallest absolute Gasteiger partial charge is 0.175 e. The third kappa shape index (κ3) is 5.55. The highest BCUT2D eigenvalue weighted by Crippen LogP contribution is 2.42. The van der Waals surface area contributed by atoms with Gasteiger partial charge in [-0.05, 0) is 49.6 Å². The van der Waals surface area contributed by atoms with Crippen LogP contribution < -0.4 is 0 Å². The lowest BCUT2D eigenvalue weighted by molar-refractivity contribution is 0.602. The van der Waals surface area contributed by atoms with E-state index in [4.69, 9.17) is 0 Å². The highest BCUT2D eigenvalue weighted by Gasteiger charge is 2.16. The maximum absolute atomic E-state index is 11.7. The van der Waals surface area contributed by atoms with Crippen LogP contribution in [-0.4, -0.2) is 14.7 Å². The Morgan fingerprint density at radius 3 is 1.64 bits per heavy atom. The van der Waals surface area contributed by atoms with E-state index in [1.54, 1.807) is 23.5 Å². The van der Waals surface area contributed by atoms with E-state index in [0.29, 0.717) is 4.90 Å². The summed E-state index contributed by atoms with van der Waals surface area (Å²) in [6.45, 7) is 14.3. The van der Waals surface area contributed by atoms with Gasteiger partial charge in [0.2, 0.25) is 0 Å². The molecule has 0 unspecified atom stereocenters. The van der Waals surface area contributed by atoms with Crippen LogP contribution in [0.25, 0.3) is 21.6 Å². The molecule has 2 nitrogen and oxygen atoms in total. The van der Waals surface area contributed by atoms with Crippen molar-refractivity contribution in [3.8, 4) is 21.6 Å². The highest BCUT2D eigenvalue weighted by molar-refractivity contribution is 7.90. The number of hydrogen-bond donors (Lipinski definition) is 0. The zero-order chi connectivity index (χ0) is 21.5. The zero-order valence-corrected chi connectivity index (χ0v) is 19.9. The van der Waals surface area contributed by atoms with Gasteiger partial charge in [-0.1, -0.05) is 69.7 Å². The molecule has 2 aromatic carbocycles. The number of benzene rings is 2. The third-order valence-electron chi connectivity index (χ3n) is 4.27. The summed E-state index contributed by atoms with van der Waals surface area (Å²) in [4.78, 5) is 2.87. The maximum Gasteiger partial charge on any atom is 0.175 e. The molecule has 0 saturated heterocycles. The quantitative estimate of drug-likeness (QED) is 0.444. The van der Waals surface area contributed by atoms with E-state index in [9.17, 15) is 8.42 Å². The molecule has 0 amide bonds. The minimum atomic E-state index is -3.17. The first kappa shape index (κ1) is 24.1. The summed E-state index contributed by atoms with van der Waals surface area (Å²) in [5.74, 6) is 0. The number of thiophene rings is 1. The number of rotatable bonds is 3. The number of sulfone groups is 1. The Labute approximate surface area is 175 Å². The van der Waals surface area contributed by atoms with Gasteiger partial charge in [-0.15, -0.1) is 11.3 Å². The van der Waals surface area contributed by atoms with Crippen LogP contribution in [0.2, 0.25) is 0 Å². The minimum Gasteiger partial charge on any atom is -0.224 e. The molecular formula is C24H32O2S2. The number of aryl methyl sites for hydroxylation is 2. The fourth-order valence-corrected chi connectivity index (χ4v) is 4.57. The standard InChI is InChI=1S/C20H20O2S2.2C2H6/c1-13-5-7-17(8-6-13)20-19(14(2)15(3)23-20)16-9-11-18(12-10-16)24(4,21)22;2*1-2/h5-12H,1-4H3;2*1-2H3. The van der Waals surface area contributed by atoms with Crippen molar-refractivity contribution in [1.29, 1.82) is 0 Å². The zero-order valence-electron chi connectivity index (χ0n) is 18.3. The molecule has 0 aliphatic carbocycles. The van der Waals surface area contributed by atoms with Gasteiger partial charge in [0.15, 0.2) is 9.84 Å². The first-order valence-corrected chi connectivity index (χ1v) is 12.5. The lowest BCUT2D eigenvalue weighted by atomic mass is 9.98. The van der Waals surface area contributed by atoms with Crippen LogP contribution in [0.5, 0.6) is 0 Å². The first-order chi connectivity index (χ1) is 13.3. The van der Waals surface area contributed by atoms with Crippen molar-refractivity contribution >= 4 is 21.2 Å². The molecule has 0 bridgehead atoms. The van der Waals surface area contributed by atoms with E-state index in [0.717, 1.165) is 5.56 Å². The molecule has 152 valence electrons. The SMILES string of the molecule is CC.CC.Cc1ccc(-c2sc(C)c(C)c2-c2ccc(S(C)(=O)=O)cc2)cc1. The Balaban J connectivity index is 0.000000921. The van der Waals surface area contributed by atoms with Crippen LogP contribution in [0, 0.1) is 20.8 Å². The molecule has 1 heterocycles. The first-order valence-electron chi connectivity index (χ1n) is 9.75. The highest BCUT2D eigenvalue weighted by atomic mass is 32.2. The van der Waals surface area contributed by atoms with E-state index in [2.05, 4.69) is 45.0 Å². The number of hydrogen-bond acceptors (Lipinski definition) is 3. The Hall–Kier alpha value is -1.91. The Morgan fingerprint density at radius 2 is 1.18 bits per heavy atom. The molecule has 1 aromatic heterocycles. The van der Waals surface area contributed by atoms with Crippen LogP contribution >= 0.6 is 11.3 Å². The summed E-state index contributed by atoms with van der Waals surface area (Å²) in [5, 5.41) is 0. The van der Waals surface area contributed by atoms with Gasteiger partial charge in [-0.3, -0.25) is 0 Å². The molecule has 0 radical (unpaired) electrons. The summed E-state index contributed by atoms with van der Waals surface area (Å²) in [5.41, 5.74) is 5.94. The molecule has 3 aromatic rings. The fourth-order valence-electron chi connectivity index (χ4n) is 2.75. The second kappa shape index (κ2) is 10.6. The Morgan fingerprint density at radius 1 is 0.714 bits per heavy atom. The molecule has 0 atom stereocenters. The van der Waals surface area contributed by atoms with Crippen LogP contribution in [0.4, 0.5) is 0 Å². The largest absolute Gasteiger partial charge is 0.224 e. The summed E-state index contributed by atoms with van der Waals surface area (Å²) in [7, 11) is -3.17. The van der Waals surface area contributed by atoms with Crippen LogP contribution in [0.1, 0.15) is 43.7 Å². The second-order valence-electron chi connectivity index (χ2n) is 6.15. The summed E-state index contributed by atoms with van der Waals surface area (Å²) in [6, 6.07) is 15.7. The minimum absolute atomic E-state index is 0.354. The maximum atomic E-state index is 11.7. The molecule has 0 fully saturated rings. The molecule has 0 spiro atoms. The van der Waals surface area contributed by atoms with Gasteiger partial charge in [-0.2, -0.15) is 0 Å². The lowest BCUT2D eigenvalue weighted by Gasteiger charge is -2.08. The van der Waals surface area contributed by atoms with E-state index >= 15 is 0 Å². The van der Waals surface area contributed by atoms with Crippen molar-refractivity contribution in [1.82, 2.24) is 0 Å².